The first-order chi connectivity index (χ1) is 12.9. The quantitative estimate of drug-likeness (QED) is 0.236. The number of hydrogen-bond donors (Lipinski definition) is 3. The lowest BCUT2D eigenvalue weighted by atomic mass is 10.0. The zero-order valence-corrected chi connectivity index (χ0v) is 17.8. The molecule has 7 nitrogen and oxygen atoms in total. The molecular formula is C17H32F3N4O3P. The minimum absolute atomic E-state index is 0.0631. The van der Waals surface area contributed by atoms with Crippen molar-refractivity contribution in [2.24, 2.45) is 0 Å². The topological polar surface area (TPSA) is 99.8 Å². The van der Waals surface area contributed by atoms with Crippen LogP contribution in [0.15, 0.2) is 0 Å². The van der Waals surface area contributed by atoms with E-state index in [1.54, 1.807) is 0 Å². The largest absolute Gasteiger partial charge is 0.471 e. The Balaban J connectivity index is 4.56. The molecular weight excluding hydrogens is 396 g/mol. The van der Waals surface area contributed by atoms with Crippen LogP contribution in [0.2, 0.25) is 0 Å². The van der Waals surface area contributed by atoms with Crippen LogP contribution in [0, 0.1) is 11.3 Å². The summed E-state index contributed by atoms with van der Waals surface area (Å²) in [5.74, 6) is -1.99. The van der Waals surface area contributed by atoms with Crippen LogP contribution in [0.4, 0.5) is 13.2 Å². The Hall–Kier alpha value is -0.980. The molecule has 0 aromatic rings. The fourth-order valence-electron chi connectivity index (χ4n) is 3.04. The maximum atomic E-state index is 12.4. The van der Waals surface area contributed by atoms with Crippen LogP contribution in [0.1, 0.15) is 66.2 Å². The van der Waals surface area contributed by atoms with Gasteiger partial charge in [-0.05, 0) is 47.0 Å². The summed E-state index contributed by atoms with van der Waals surface area (Å²) in [5.41, 5.74) is 0. The standard InChI is InChI=1S/C17H32F3N4O3P/c1-13(2)24(14(3)4)23(28(26)27)12-7-5-6-9-15(10-8-11-21)22-16(25)17(18,19)20/h13-15,26-27H,5-10,12H2,1-4H3,(H,22,25). The van der Waals surface area contributed by atoms with E-state index in [0.29, 0.717) is 32.2 Å². The van der Waals surface area contributed by atoms with Gasteiger partial charge in [0, 0.05) is 31.1 Å². The summed E-state index contributed by atoms with van der Waals surface area (Å²) in [6, 6.07) is 1.33. The van der Waals surface area contributed by atoms with Gasteiger partial charge in [-0.1, -0.05) is 12.8 Å². The second kappa shape index (κ2) is 13.3. The molecule has 0 fully saturated rings. The van der Waals surface area contributed by atoms with Gasteiger partial charge in [-0.15, -0.1) is 0 Å². The van der Waals surface area contributed by atoms with E-state index in [0.717, 1.165) is 0 Å². The van der Waals surface area contributed by atoms with Crippen molar-refractivity contribution in [2.75, 3.05) is 6.54 Å². The SMILES string of the molecule is CC(C)N(C(C)C)N(CCCCCC(CCC#N)NC(=O)C(F)(F)F)P(O)O. The number of rotatable bonds is 13. The van der Waals surface area contributed by atoms with E-state index in [1.165, 1.54) is 4.78 Å². The number of nitrogens with one attached hydrogen (secondary N) is 1. The van der Waals surface area contributed by atoms with Crippen LogP contribution >= 0.6 is 8.53 Å². The van der Waals surface area contributed by atoms with Crippen molar-refractivity contribution >= 4 is 14.4 Å². The van der Waals surface area contributed by atoms with Crippen LogP contribution in [0.25, 0.3) is 0 Å². The molecule has 0 radical (unpaired) electrons. The molecule has 28 heavy (non-hydrogen) atoms. The van der Waals surface area contributed by atoms with Gasteiger partial charge in [0.1, 0.15) is 0 Å². The first-order valence-electron chi connectivity index (χ1n) is 9.40. The molecule has 11 heteroatoms. The summed E-state index contributed by atoms with van der Waals surface area (Å²) < 4.78 is 38.8. The third kappa shape index (κ3) is 10.5. The molecule has 3 N–H and O–H groups in total. The first-order valence-corrected chi connectivity index (χ1v) is 10.6. The minimum atomic E-state index is -4.94. The number of halogens is 3. The average molecular weight is 428 g/mol. The van der Waals surface area contributed by atoms with Crippen LogP contribution in [0.5, 0.6) is 0 Å². The Bertz CT molecular complexity index is 491. The highest BCUT2D eigenvalue weighted by atomic mass is 31.2. The van der Waals surface area contributed by atoms with E-state index in [2.05, 4.69) is 0 Å². The van der Waals surface area contributed by atoms with Crippen molar-refractivity contribution < 1.29 is 27.8 Å². The lowest BCUT2D eigenvalue weighted by molar-refractivity contribution is -0.174. The van der Waals surface area contributed by atoms with Crippen LogP contribution < -0.4 is 5.32 Å². The first kappa shape index (κ1) is 27.0. The molecule has 0 aliphatic rings. The molecule has 0 aliphatic carbocycles. The number of hydrogen-bond acceptors (Lipinski definition) is 6. The molecule has 164 valence electrons. The Labute approximate surface area is 166 Å². The van der Waals surface area contributed by atoms with Gasteiger partial charge in [0.25, 0.3) is 8.53 Å². The van der Waals surface area contributed by atoms with Crippen molar-refractivity contribution in [1.82, 2.24) is 15.1 Å². The number of nitriles is 1. The highest BCUT2D eigenvalue weighted by Gasteiger charge is 2.39. The summed E-state index contributed by atoms with van der Waals surface area (Å²) >= 11 is 0. The molecule has 0 saturated carbocycles. The van der Waals surface area contributed by atoms with Gasteiger partial charge in [-0.25, -0.2) is 5.01 Å². The van der Waals surface area contributed by atoms with Gasteiger partial charge >= 0.3 is 12.1 Å². The molecule has 1 amide bonds. The maximum Gasteiger partial charge on any atom is 0.471 e. The average Bonchev–Trinajstić information content (AvgIpc) is 2.55. The fourth-order valence-corrected chi connectivity index (χ4v) is 3.96. The third-order valence-electron chi connectivity index (χ3n) is 4.14. The second-order valence-corrected chi connectivity index (χ2v) is 8.14. The van der Waals surface area contributed by atoms with Crippen molar-refractivity contribution in [3.05, 3.63) is 0 Å². The summed E-state index contributed by atoms with van der Waals surface area (Å²) in [6.45, 7) is 8.22. The molecule has 0 aromatic heterocycles. The Morgan fingerprint density at radius 1 is 1.11 bits per heavy atom. The number of nitrogens with zero attached hydrogens (tertiary/aromatic N) is 3. The van der Waals surface area contributed by atoms with E-state index >= 15 is 0 Å². The van der Waals surface area contributed by atoms with E-state index in [9.17, 15) is 27.8 Å². The molecule has 0 spiro atoms. The number of alkyl halides is 3. The molecule has 0 aromatic carbocycles. The van der Waals surface area contributed by atoms with Crippen molar-refractivity contribution in [2.45, 2.75) is 90.5 Å². The lowest BCUT2D eigenvalue weighted by Gasteiger charge is -2.40. The van der Waals surface area contributed by atoms with E-state index in [-0.39, 0.29) is 24.9 Å². The molecule has 1 unspecified atom stereocenters. The van der Waals surface area contributed by atoms with Gasteiger partial charge in [0.2, 0.25) is 0 Å². The predicted octanol–water partition coefficient (Wildman–Crippen LogP) is 3.44. The van der Waals surface area contributed by atoms with Crippen molar-refractivity contribution in [3.8, 4) is 6.07 Å². The van der Waals surface area contributed by atoms with E-state index < -0.39 is 26.7 Å². The highest BCUT2D eigenvalue weighted by molar-refractivity contribution is 7.42. The van der Waals surface area contributed by atoms with Gasteiger partial charge in [0.05, 0.1) is 6.07 Å². The predicted molar refractivity (Wildman–Crippen MR) is 101 cm³/mol. The zero-order valence-electron chi connectivity index (χ0n) is 16.9. The molecule has 0 saturated heterocycles. The molecule has 0 bridgehead atoms. The van der Waals surface area contributed by atoms with Gasteiger partial charge in [0.15, 0.2) is 0 Å². The van der Waals surface area contributed by atoms with E-state index in [1.807, 2.05) is 44.1 Å². The monoisotopic (exact) mass is 428 g/mol. The minimum Gasteiger partial charge on any atom is -0.346 e. The van der Waals surface area contributed by atoms with Crippen LogP contribution in [-0.4, -0.2) is 56.3 Å². The molecule has 0 heterocycles. The smallest absolute Gasteiger partial charge is 0.346 e. The van der Waals surface area contributed by atoms with Gasteiger partial charge in [-0.3, -0.25) is 4.79 Å². The Morgan fingerprint density at radius 3 is 2.11 bits per heavy atom. The maximum absolute atomic E-state index is 12.4. The molecule has 0 rings (SSSR count). The summed E-state index contributed by atoms with van der Waals surface area (Å²) in [5, 5.41) is 12.5. The number of carbonyl (C=O) groups excluding carboxylic acids is 1. The molecule has 0 aliphatic heterocycles. The van der Waals surface area contributed by atoms with Crippen molar-refractivity contribution in [1.29, 1.82) is 5.26 Å². The molecule has 1 atom stereocenters. The third-order valence-corrected chi connectivity index (χ3v) is 4.96. The number of hydrazine groups is 1. The van der Waals surface area contributed by atoms with E-state index in [4.69, 9.17) is 5.26 Å². The van der Waals surface area contributed by atoms with Crippen molar-refractivity contribution in [3.63, 3.8) is 0 Å². The normalized spacial score (nSPS) is 13.6. The Morgan fingerprint density at radius 2 is 1.68 bits per heavy atom. The van der Waals surface area contributed by atoms with Gasteiger partial charge in [-0.2, -0.15) is 23.2 Å². The summed E-state index contributed by atoms with van der Waals surface area (Å²) in [6.07, 6.45) is -2.56. The second-order valence-electron chi connectivity index (χ2n) is 7.15. The summed E-state index contributed by atoms with van der Waals surface area (Å²) in [4.78, 5) is 30.5. The summed E-state index contributed by atoms with van der Waals surface area (Å²) in [7, 11) is -2.29. The number of unbranched alkanes of at least 4 members (excludes halogenated alkanes) is 2. The zero-order chi connectivity index (χ0) is 21.9. The number of amides is 1. The number of carbonyl (C=O) groups is 1. The highest BCUT2D eigenvalue weighted by Crippen LogP contribution is 2.34. The Kier molecular flexibility index (Phi) is 12.8. The fraction of sp³-hybridized carbons (Fsp3) is 0.882. The van der Waals surface area contributed by atoms with Gasteiger partial charge < -0.3 is 15.1 Å². The van der Waals surface area contributed by atoms with Crippen LogP contribution in [0.3, 0.4) is 0 Å². The van der Waals surface area contributed by atoms with Crippen LogP contribution in [-0.2, 0) is 4.79 Å². The lowest BCUT2D eigenvalue weighted by Crippen LogP contribution is -2.48.